The highest BCUT2D eigenvalue weighted by Crippen LogP contribution is 2.18. The van der Waals surface area contributed by atoms with Crippen LogP contribution in [0.15, 0.2) is 36.5 Å². The van der Waals surface area contributed by atoms with Gasteiger partial charge in [-0.25, -0.2) is 4.68 Å². The minimum Gasteiger partial charge on any atom is -0.329 e. The van der Waals surface area contributed by atoms with Crippen LogP contribution in [0, 0.1) is 0 Å². The molecule has 1 saturated heterocycles. The van der Waals surface area contributed by atoms with E-state index in [0.29, 0.717) is 6.04 Å². The van der Waals surface area contributed by atoms with E-state index in [9.17, 15) is 0 Å². The number of nitrogens with two attached hydrogens (primary N) is 1. The van der Waals surface area contributed by atoms with Crippen molar-refractivity contribution >= 4 is 0 Å². The van der Waals surface area contributed by atoms with E-state index in [1.54, 1.807) is 0 Å². The zero-order valence-corrected chi connectivity index (χ0v) is 11.7. The molecule has 0 saturated carbocycles. The lowest BCUT2D eigenvalue weighted by Gasteiger charge is -2.34. The van der Waals surface area contributed by atoms with Crippen LogP contribution in [-0.4, -0.2) is 39.0 Å². The van der Waals surface area contributed by atoms with Crippen LogP contribution in [0.25, 0.3) is 5.69 Å². The van der Waals surface area contributed by atoms with Crippen LogP contribution < -0.4 is 5.73 Å². The molecule has 1 aromatic heterocycles. The van der Waals surface area contributed by atoms with Gasteiger partial charge in [-0.1, -0.05) is 29.8 Å². The molecule has 1 atom stereocenters. The molecule has 0 aliphatic carbocycles. The third kappa shape index (κ3) is 2.89. The van der Waals surface area contributed by atoms with E-state index < -0.39 is 0 Å². The Bertz CT molecular complexity index is 536. The summed E-state index contributed by atoms with van der Waals surface area (Å²) in [5.41, 5.74) is 7.91. The lowest BCUT2D eigenvalue weighted by molar-refractivity contribution is 0.143. The lowest BCUT2D eigenvalue weighted by Crippen LogP contribution is -2.43. The van der Waals surface area contributed by atoms with E-state index >= 15 is 0 Å². The fourth-order valence-electron chi connectivity index (χ4n) is 2.82. The summed E-state index contributed by atoms with van der Waals surface area (Å²) >= 11 is 0. The van der Waals surface area contributed by atoms with Crippen LogP contribution in [-0.2, 0) is 6.54 Å². The zero-order chi connectivity index (χ0) is 13.8. The maximum atomic E-state index is 5.86. The van der Waals surface area contributed by atoms with E-state index in [-0.39, 0.29) is 0 Å². The van der Waals surface area contributed by atoms with E-state index in [0.717, 1.165) is 31.0 Å². The van der Waals surface area contributed by atoms with Crippen LogP contribution in [0.4, 0.5) is 0 Å². The highest BCUT2D eigenvalue weighted by atomic mass is 15.4. The van der Waals surface area contributed by atoms with Crippen LogP contribution in [0.2, 0.25) is 0 Å². The van der Waals surface area contributed by atoms with Gasteiger partial charge in [0.15, 0.2) is 0 Å². The summed E-state index contributed by atoms with van der Waals surface area (Å²) in [4.78, 5) is 2.43. The highest BCUT2D eigenvalue weighted by molar-refractivity contribution is 5.29. The predicted molar refractivity (Wildman–Crippen MR) is 78.5 cm³/mol. The molecule has 5 nitrogen and oxygen atoms in total. The van der Waals surface area contributed by atoms with Gasteiger partial charge in [0.1, 0.15) is 0 Å². The largest absolute Gasteiger partial charge is 0.329 e. The Balaban J connectivity index is 1.71. The monoisotopic (exact) mass is 271 g/mol. The van der Waals surface area contributed by atoms with Crippen molar-refractivity contribution in [3.63, 3.8) is 0 Å². The first-order chi connectivity index (χ1) is 9.86. The van der Waals surface area contributed by atoms with Crippen LogP contribution in [0.1, 0.15) is 25.0 Å². The second-order valence-electron chi connectivity index (χ2n) is 5.35. The Morgan fingerprint density at radius 3 is 2.85 bits per heavy atom. The minimum atomic E-state index is 0.491. The number of hydrogen-bond donors (Lipinski definition) is 1. The number of para-hydroxylation sites is 1. The van der Waals surface area contributed by atoms with Crippen molar-refractivity contribution in [3.05, 3.63) is 42.2 Å². The third-order valence-corrected chi connectivity index (χ3v) is 3.95. The predicted octanol–water partition coefficient (Wildman–Crippen LogP) is 1.58. The highest BCUT2D eigenvalue weighted by Gasteiger charge is 2.21. The first-order valence-electron chi connectivity index (χ1n) is 7.27. The lowest BCUT2D eigenvalue weighted by atomic mass is 10.0. The van der Waals surface area contributed by atoms with Gasteiger partial charge in [-0.2, -0.15) is 0 Å². The summed E-state index contributed by atoms with van der Waals surface area (Å²) in [6, 6.07) is 10.6. The van der Waals surface area contributed by atoms with Gasteiger partial charge in [0.2, 0.25) is 0 Å². The van der Waals surface area contributed by atoms with Gasteiger partial charge in [-0.15, -0.1) is 5.10 Å². The average molecular weight is 271 g/mol. The van der Waals surface area contributed by atoms with E-state index in [2.05, 4.69) is 15.2 Å². The number of hydrogen-bond acceptors (Lipinski definition) is 4. The van der Waals surface area contributed by atoms with Crippen molar-refractivity contribution < 1.29 is 0 Å². The maximum absolute atomic E-state index is 5.86. The van der Waals surface area contributed by atoms with Crippen molar-refractivity contribution in [2.75, 3.05) is 13.1 Å². The molecule has 2 aromatic rings. The van der Waals surface area contributed by atoms with Crippen molar-refractivity contribution in [2.45, 2.75) is 31.8 Å². The normalized spacial score (nSPS) is 20.1. The summed E-state index contributed by atoms with van der Waals surface area (Å²) in [6.45, 7) is 2.68. The van der Waals surface area contributed by atoms with E-state index in [4.69, 9.17) is 5.73 Å². The fraction of sp³-hybridized carbons (Fsp3) is 0.467. The summed E-state index contributed by atoms with van der Waals surface area (Å²) in [5, 5.41) is 8.50. The Labute approximate surface area is 119 Å². The molecule has 0 radical (unpaired) electrons. The van der Waals surface area contributed by atoms with Crippen LogP contribution >= 0.6 is 0 Å². The number of benzene rings is 1. The van der Waals surface area contributed by atoms with Gasteiger partial charge >= 0.3 is 0 Å². The summed E-state index contributed by atoms with van der Waals surface area (Å²) in [5.74, 6) is 0. The van der Waals surface area contributed by atoms with Gasteiger partial charge in [0.25, 0.3) is 0 Å². The summed E-state index contributed by atoms with van der Waals surface area (Å²) in [6.07, 6.45) is 5.75. The van der Waals surface area contributed by atoms with Crippen molar-refractivity contribution in [1.29, 1.82) is 0 Å². The molecule has 5 heteroatoms. The smallest absolute Gasteiger partial charge is 0.0971 e. The molecule has 2 heterocycles. The van der Waals surface area contributed by atoms with Crippen LogP contribution in [0.3, 0.4) is 0 Å². The molecule has 3 rings (SSSR count). The summed E-state index contributed by atoms with van der Waals surface area (Å²) < 4.78 is 1.83. The molecule has 0 unspecified atom stereocenters. The van der Waals surface area contributed by atoms with Gasteiger partial charge in [-0.3, -0.25) is 4.90 Å². The van der Waals surface area contributed by atoms with Crippen molar-refractivity contribution in [2.24, 2.45) is 5.73 Å². The average Bonchev–Trinajstić information content (AvgIpc) is 2.97. The number of likely N-dealkylation sites (tertiary alicyclic amines) is 1. The summed E-state index contributed by atoms with van der Waals surface area (Å²) in [7, 11) is 0. The molecule has 2 N–H and O–H groups in total. The van der Waals surface area contributed by atoms with E-state index in [1.165, 1.54) is 19.3 Å². The van der Waals surface area contributed by atoms with Gasteiger partial charge in [0.05, 0.1) is 17.6 Å². The first kappa shape index (κ1) is 13.3. The molecule has 1 fully saturated rings. The molecule has 1 aromatic carbocycles. The second-order valence-corrected chi connectivity index (χ2v) is 5.35. The molecule has 0 spiro atoms. The molecular formula is C15H21N5. The Morgan fingerprint density at radius 1 is 1.20 bits per heavy atom. The van der Waals surface area contributed by atoms with Gasteiger partial charge in [0, 0.05) is 19.1 Å². The van der Waals surface area contributed by atoms with Gasteiger partial charge in [-0.05, 0) is 31.5 Å². The molecule has 1 aliphatic heterocycles. The second kappa shape index (κ2) is 6.15. The number of nitrogens with zero attached hydrogens (tertiary/aromatic N) is 4. The Morgan fingerprint density at radius 2 is 2.05 bits per heavy atom. The Hall–Kier alpha value is -1.72. The van der Waals surface area contributed by atoms with Gasteiger partial charge < -0.3 is 5.73 Å². The van der Waals surface area contributed by atoms with Crippen LogP contribution in [0.5, 0.6) is 0 Å². The van der Waals surface area contributed by atoms with Crippen molar-refractivity contribution in [1.82, 2.24) is 19.9 Å². The quantitative estimate of drug-likeness (QED) is 0.917. The molecule has 1 aliphatic rings. The Kier molecular flexibility index (Phi) is 4.08. The topological polar surface area (TPSA) is 60.0 Å². The molecular weight excluding hydrogens is 250 g/mol. The third-order valence-electron chi connectivity index (χ3n) is 3.95. The fourth-order valence-corrected chi connectivity index (χ4v) is 2.82. The number of rotatable bonds is 4. The molecule has 106 valence electrons. The van der Waals surface area contributed by atoms with Crippen molar-refractivity contribution in [3.8, 4) is 5.69 Å². The molecule has 0 amide bonds. The standard InChI is InChI=1S/C15H21N5/c16-10-15-8-4-5-9-19(15)11-13-12-20(18-17-13)14-6-2-1-3-7-14/h1-3,6-7,12,15H,4-5,8-11,16H2/t15-/m1/s1. The minimum absolute atomic E-state index is 0.491. The SMILES string of the molecule is NC[C@H]1CCCCN1Cc1cn(-c2ccccc2)nn1. The maximum Gasteiger partial charge on any atom is 0.0971 e. The molecule has 0 bridgehead atoms. The zero-order valence-electron chi connectivity index (χ0n) is 11.7. The number of piperidine rings is 1. The molecule has 20 heavy (non-hydrogen) atoms. The van der Waals surface area contributed by atoms with E-state index in [1.807, 2.05) is 41.2 Å². The first-order valence-corrected chi connectivity index (χ1v) is 7.27. The number of aromatic nitrogens is 3.